The quantitative estimate of drug-likeness (QED) is 0.863. The zero-order valence-corrected chi connectivity index (χ0v) is 15.4. The van der Waals surface area contributed by atoms with Crippen LogP contribution in [0.25, 0.3) is 0 Å². The van der Waals surface area contributed by atoms with Crippen molar-refractivity contribution in [3.8, 4) is 0 Å². The Balaban J connectivity index is 1.46. The fourth-order valence-electron chi connectivity index (χ4n) is 3.09. The summed E-state index contributed by atoms with van der Waals surface area (Å²) in [5.74, 6) is -0.0737. The van der Waals surface area contributed by atoms with Gasteiger partial charge in [-0.05, 0) is 31.0 Å². The van der Waals surface area contributed by atoms with Crippen molar-refractivity contribution in [3.05, 3.63) is 28.2 Å². The second-order valence-electron chi connectivity index (χ2n) is 6.28. The van der Waals surface area contributed by atoms with E-state index in [0.717, 1.165) is 12.8 Å². The zero-order chi connectivity index (χ0) is 17.8. The zero-order valence-electron chi connectivity index (χ0n) is 13.8. The molecule has 2 aliphatic heterocycles. The smallest absolute Gasteiger partial charge is 0.251 e. The van der Waals surface area contributed by atoms with E-state index in [2.05, 4.69) is 5.32 Å². The third kappa shape index (κ3) is 4.85. The van der Waals surface area contributed by atoms with Crippen molar-refractivity contribution >= 4 is 40.7 Å². The summed E-state index contributed by atoms with van der Waals surface area (Å²) in [5, 5.41) is 3.74. The van der Waals surface area contributed by atoms with Gasteiger partial charge in [-0.25, -0.2) is 0 Å². The number of halogens is 2. The van der Waals surface area contributed by atoms with E-state index in [-0.39, 0.29) is 24.5 Å². The van der Waals surface area contributed by atoms with Crippen molar-refractivity contribution in [1.82, 2.24) is 9.80 Å². The first-order valence-electron chi connectivity index (χ1n) is 8.40. The van der Waals surface area contributed by atoms with E-state index in [4.69, 9.17) is 27.9 Å². The first-order valence-corrected chi connectivity index (χ1v) is 9.16. The van der Waals surface area contributed by atoms with Crippen LogP contribution in [0.4, 0.5) is 5.69 Å². The number of nitrogens with zero attached hydrogens (tertiary/aromatic N) is 2. The van der Waals surface area contributed by atoms with Crippen LogP contribution < -0.4 is 5.32 Å². The molecule has 136 valence electrons. The number of hydrogen-bond donors (Lipinski definition) is 1. The average Bonchev–Trinajstić information content (AvgIpc) is 3.13. The number of nitrogens with one attached hydrogen (secondary N) is 1. The summed E-state index contributed by atoms with van der Waals surface area (Å²) in [6.07, 6.45) is 1.48. The summed E-state index contributed by atoms with van der Waals surface area (Å²) in [6.45, 7) is 3.48. The van der Waals surface area contributed by atoms with Crippen LogP contribution in [0.3, 0.4) is 0 Å². The average molecular weight is 386 g/mol. The highest BCUT2D eigenvalue weighted by Gasteiger charge is 2.30. The van der Waals surface area contributed by atoms with Crippen LogP contribution in [0, 0.1) is 0 Å². The van der Waals surface area contributed by atoms with Crippen molar-refractivity contribution in [2.24, 2.45) is 0 Å². The molecule has 25 heavy (non-hydrogen) atoms. The summed E-state index contributed by atoms with van der Waals surface area (Å²) in [7, 11) is 0. The van der Waals surface area contributed by atoms with Crippen LogP contribution in [0.2, 0.25) is 10.0 Å². The summed E-state index contributed by atoms with van der Waals surface area (Å²) in [6, 6.07) is 4.94. The van der Waals surface area contributed by atoms with Crippen molar-refractivity contribution in [3.63, 3.8) is 0 Å². The van der Waals surface area contributed by atoms with Crippen LogP contribution in [-0.2, 0) is 14.3 Å². The standard InChI is InChI=1S/C17H21Cl2N3O3/c18-12-3-4-13(19)14(10-12)20-16(23)11-21-5-7-22(8-6-21)17(24)15-2-1-9-25-15/h3-4,10,15H,1-2,5-9,11H2,(H,20,23)/t15-/m0/s1. The molecule has 1 aromatic carbocycles. The van der Waals surface area contributed by atoms with Gasteiger partial charge in [-0.3, -0.25) is 14.5 Å². The van der Waals surface area contributed by atoms with Gasteiger partial charge in [0, 0.05) is 37.8 Å². The lowest BCUT2D eigenvalue weighted by atomic mass is 10.2. The Morgan fingerprint density at radius 3 is 2.64 bits per heavy atom. The Bertz CT molecular complexity index is 642. The lowest BCUT2D eigenvalue weighted by Gasteiger charge is -2.35. The fraction of sp³-hybridized carbons (Fsp3) is 0.529. The Kier molecular flexibility index (Phi) is 6.17. The van der Waals surface area contributed by atoms with Gasteiger partial charge in [-0.1, -0.05) is 23.2 Å². The molecule has 2 aliphatic rings. The van der Waals surface area contributed by atoms with E-state index in [1.165, 1.54) is 0 Å². The van der Waals surface area contributed by atoms with Gasteiger partial charge in [0.05, 0.1) is 17.3 Å². The maximum atomic E-state index is 12.3. The Hall–Kier alpha value is -1.34. The van der Waals surface area contributed by atoms with Crippen molar-refractivity contribution in [2.45, 2.75) is 18.9 Å². The minimum atomic E-state index is -0.278. The van der Waals surface area contributed by atoms with E-state index < -0.39 is 0 Å². The third-order valence-electron chi connectivity index (χ3n) is 4.46. The van der Waals surface area contributed by atoms with Gasteiger partial charge in [0.2, 0.25) is 5.91 Å². The Labute approximate surface area is 157 Å². The molecule has 3 rings (SSSR count). The molecule has 1 atom stereocenters. The molecule has 2 saturated heterocycles. The second kappa shape index (κ2) is 8.36. The maximum Gasteiger partial charge on any atom is 0.251 e. The van der Waals surface area contributed by atoms with Crippen LogP contribution >= 0.6 is 23.2 Å². The maximum absolute atomic E-state index is 12.3. The highest BCUT2D eigenvalue weighted by atomic mass is 35.5. The van der Waals surface area contributed by atoms with Crippen LogP contribution in [0.1, 0.15) is 12.8 Å². The molecule has 1 N–H and O–H groups in total. The van der Waals surface area contributed by atoms with E-state index >= 15 is 0 Å². The van der Waals surface area contributed by atoms with Gasteiger partial charge in [-0.2, -0.15) is 0 Å². The molecule has 8 heteroatoms. The molecule has 0 aliphatic carbocycles. The summed E-state index contributed by atoms with van der Waals surface area (Å²) in [5.41, 5.74) is 0.506. The molecule has 0 spiro atoms. The van der Waals surface area contributed by atoms with Gasteiger partial charge < -0.3 is 15.0 Å². The third-order valence-corrected chi connectivity index (χ3v) is 5.02. The van der Waals surface area contributed by atoms with E-state index in [9.17, 15) is 9.59 Å². The number of amides is 2. The van der Waals surface area contributed by atoms with Crippen molar-refractivity contribution < 1.29 is 14.3 Å². The summed E-state index contributed by atoms with van der Waals surface area (Å²) < 4.78 is 5.45. The van der Waals surface area contributed by atoms with Crippen LogP contribution in [-0.4, -0.2) is 67.0 Å². The first kappa shape index (κ1) is 18.5. The largest absolute Gasteiger partial charge is 0.368 e. The van der Waals surface area contributed by atoms with Gasteiger partial charge >= 0.3 is 0 Å². The lowest BCUT2D eigenvalue weighted by Crippen LogP contribution is -2.52. The Morgan fingerprint density at radius 1 is 1.20 bits per heavy atom. The van der Waals surface area contributed by atoms with E-state index in [0.29, 0.717) is 48.5 Å². The normalized spacial score (nSPS) is 21.4. The van der Waals surface area contributed by atoms with Crippen LogP contribution in [0.5, 0.6) is 0 Å². The molecular weight excluding hydrogens is 365 g/mol. The number of ether oxygens (including phenoxy) is 1. The first-order chi connectivity index (χ1) is 12.0. The number of piperazine rings is 1. The molecule has 0 aromatic heterocycles. The van der Waals surface area contributed by atoms with E-state index in [1.807, 2.05) is 9.80 Å². The SMILES string of the molecule is O=C(CN1CCN(C(=O)[C@@H]2CCCO2)CC1)Nc1cc(Cl)ccc1Cl. The monoisotopic (exact) mass is 385 g/mol. The summed E-state index contributed by atoms with van der Waals surface area (Å²) in [4.78, 5) is 28.4. The topological polar surface area (TPSA) is 61.9 Å². The molecule has 2 heterocycles. The fourth-order valence-corrected chi connectivity index (χ4v) is 3.43. The van der Waals surface area contributed by atoms with Gasteiger partial charge in [0.25, 0.3) is 5.91 Å². The highest BCUT2D eigenvalue weighted by molar-refractivity contribution is 6.35. The molecule has 2 fully saturated rings. The minimum Gasteiger partial charge on any atom is -0.368 e. The number of carbonyl (C=O) groups excluding carboxylic acids is 2. The molecule has 6 nitrogen and oxygen atoms in total. The number of anilines is 1. The Morgan fingerprint density at radius 2 is 1.96 bits per heavy atom. The van der Waals surface area contributed by atoms with Crippen molar-refractivity contribution in [1.29, 1.82) is 0 Å². The number of rotatable bonds is 4. The predicted octanol–water partition coefficient (Wildman–Crippen LogP) is 2.26. The molecular formula is C17H21Cl2N3O3. The minimum absolute atomic E-state index is 0.0762. The molecule has 0 radical (unpaired) electrons. The number of hydrogen-bond acceptors (Lipinski definition) is 4. The van der Waals surface area contributed by atoms with Crippen LogP contribution in [0.15, 0.2) is 18.2 Å². The molecule has 0 bridgehead atoms. The highest BCUT2D eigenvalue weighted by Crippen LogP contribution is 2.25. The van der Waals surface area contributed by atoms with Gasteiger partial charge in [0.1, 0.15) is 6.10 Å². The van der Waals surface area contributed by atoms with Gasteiger partial charge in [-0.15, -0.1) is 0 Å². The molecule has 1 aromatic rings. The molecule has 0 saturated carbocycles. The lowest BCUT2D eigenvalue weighted by molar-refractivity contribution is -0.142. The van der Waals surface area contributed by atoms with E-state index in [1.54, 1.807) is 18.2 Å². The van der Waals surface area contributed by atoms with Gasteiger partial charge in [0.15, 0.2) is 0 Å². The molecule has 2 amide bonds. The number of carbonyl (C=O) groups is 2. The second-order valence-corrected chi connectivity index (χ2v) is 7.12. The predicted molar refractivity (Wildman–Crippen MR) is 97.1 cm³/mol. The van der Waals surface area contributed by atoms with Crippen molar-refractivity contribution in [2.75, 3.05) is 44.6 Å². The molecule has 0 unspecified atom stereocenters. The summed E-state index contributed by atoms with van der Waals surface area (Å²) >= 11 is 12.0. The number of benzene rings is 1.